The van der Waals surface area contributed by atoms with Crippen LogP contribution in [-0.2, 0) is 0 Å². The number of hydrogen-bond donors (Lipinski definition) is 1. The van der Waals surface area contributed by atoms with Crippen molar-refractivity contribution in [3.8, 4) is 5.75 Å². The first-order chi connectivity index (χ1) is 10.3. The van der Waals surface area contributed by atoms with Crippen molar-refractivity contribution in [3.05, 3.63) is 60.2 Å². The van der Waals surface area contributed by atoms with Crippen LogP contribution < -0.4 is 9.46 Å². The van der Waals surface area contributed by atoms with Gasteiger partial charge >= 0.3 is 0 Å². The molecule has 3 heteroatoms. The average molecular weight is 301 g/mol. The van der Waals surface area contributed by atoms with Crippen LogP contribution in [0.3, 0.4) is 0 Å². The van der Waals surface area contributed by atoms with E-state index in [2.05, 4.69) is 42.8 Å². The molecule has 2 rings (SSSR count). The van der Waals surface area contributed by atoms with Gasteiger partial charge in [-0.15, -0.1) is 0 Å². The fourth-order valence-electron chi connectivity index (χ4n) is 1.96. The lowest BCUT2D eigenvalue weighted by molar-refractivity contribution is 0.324. The Balaban J connectivity index is 1.67. The summed E-state index contributed by atoms with van der Waals surface area (Å²) >= 11 is 1.65. The SMILES string of the molecule is CCC(C)c1ccc(SNCCOc2ccccc2)cc1. The summed E-state index contributed by atoms with van der Waals surface area (Å²) in [6, 6.07) is 18.7. The van der Waals surface area contributed by atoms with E-state index < -0.39 is 0 Å². The van der Waals surface area contributed by atoms with Gasteiger partial charge in [0.25, 0.3) is 0 Å². The minimum atomic E-state index is 0.635. The van der Waals surface area contributed by atoms with Gasteiger partial charge in [0, 0.05) is 11.4 Å². The van der Waals surface area contributed by atoms with Crippen LogP contribution in [0.15, 0.2) is 59.5 Å². The quantitative estimate of drug-likeness (QED) is 0.555. The molecule has 2 aromatic rings. The van der Waals surface area contributed by atoms with E-state index in [1.807, 2.05) is 30.3 Å². The number of benzene rings is 2. The second-order valence-electron chi connectivity index (χ2n) is 5.04. The maximum absolute atomic E-state index is 5.63. The maximum Gasteiger partial charge on any atom is 0.119 e. The zero-order valence-corrected chi connectivity index (χ0v) is 13.5. The van der Waals surface area contributed by atoms with Crippen LogP contribution in [-0.4, -0.2) is 13.2 Å². The van der Waals surface area contributed by atoms with Crippen LogP contribution in [0.2, 0.25) is 0 Å². The van der Waals surface area contributed by atoms with Crippen molar-refractivity contribution in [1.82, 2.24) is 4.72 Å². The fourth-order valence-corrected chi connectivity index (χ4v) is 2.59. The second kappa shape index (κ2) is 8.75. The number of ether oxygens (including phenoxy) is 1. The molecule has 1 N–H and O–H groups in total. The van der Waals surface area contributed by atoms with Crippen LogP contribution in [0.5, 0.6) is 5.75 Å². The third kappa shape index (κ3) is 5.44. The number of nitrogens with one attached hydrogen (secondary N) is 1. The van der Waals surface area contributed by atoms with Crippen molar-refractivity contribution in [3.63, 3.8) is 0 Å². The predicted molar refractivity (Wildman–Crippen MR) is 90.9 cm³/mol. The van der Waals surface area contributed by atoms with Gasteiger partial charge in [0.2, 0.25) is 0 Å². The third-order valence-electron chi connectivity index (χ3n) is 3.47. The van der Waals surface area contributed by atoms with Gasteiger partial charge in [0.05, 0.1) is 0 Å². The lowest BCUT2D eigenvalue weighted by atomic mass is 9.99. The maximum atomic E-state index is 5.63. The van der Waals surface area contributed by atoms with E-state index >= 15 is 0 Å². The van der Waals surface area contributed by atoms with Gasteiger partial charge in [-0.25, -0.2) is 0 Å². The zero-order valence-electron chi connectivity index (χ0n) is 12.7. The molecule has 0 radical (unpaired) electrons. The summed E-state index contributed by atoms with van der Waals surface area (Å²) in [6.45, 7) is 5.97. The van der Waals surface area contributed by atoms with Crippen LogP contribution >= 0.6 is 11.9 Å². The Morgan fingerprint density at radius 2 is 1.76 bits per heavy atom. The van der Waals surface area contributed by atoms with Crippen molar-refractivity contribution < 1.29 is 4.74 Å². The summed E-state index contributed by atoms with van der Waals surface area (Å²) in [4.78, 5) is 1.24. The molecule has 0 heterocycles. The summed E-state index contributed by atoms with van der Waals surface area (Å²) < 4.78 is 8.96. The van der Waals surface area contributed by atoms with Crippen molar-refractivity contribution in [2.45, 2.75) is 31.1 Å². The highest BCUT2D eigenvalue weighted by atomic mass is 32.2. The van der Waals surface area contributed by atoms with Crippen molar-refractivity contribution in [1.29, 1.82) is 0 Å². The highest BCUT2D eigenvalue weighted by Crippen LogP contribution is 2.22. The normalized spacial score (nSPS) is 12.1. The number of hydrogen-bond acceptors (Lipinski definition) is 3. The first-order valence-corrected chi connectivity index (χ1v) is 8.28. The monoisotopic (exact) mass is 301 g/mol. The first-order valence-electron chi connectivity index (χ1n) is 7.47. The molecular weight excluding hydrogens is 278 g/mol. The Hall–Kier alpha value is -1.45. The summed E-state index contributed by atoms with van der Waals surface area (Å²) in [6.07, 6.45) is 1.18. The van der Waals surface area contributed by atoms with E-state index in [0.29, 0.717) is 12.5 Å². The van der Waals surface area contributed by atoms with E-state index in [0.717, 1.165) is 12.3 Å². The number of para-hydroxylation sites is 1. The number of rotatable bonds is 8. The minimum absolute atomic E-state index is 0.635. The molecule has 0 saturated carbocycles. The van der Waals surface area contributed by atoms with Crippen molar-refractivity contribution >= 4 is 11.9 Å². The molecule has 0 fully saturated rings. The molecule has 0 amide bonds. The van der Waals surface area contributed by atoms with Gasteiger partial charge < -0.3 is 4.74 Å². The molecular formula is C18H23NOS. The summed E-state index contributed by atoms with van der Waals surface area (Å²) in [5, 5.41) is 0. The van der Waals surface area contributed by atoms with Crippen LogP contribution in [0.25, 0.3) is 0 Å². The van der Waals surface area contributed by atoms with Gasteiger partial charge in [-0.2, -0.15) is 0 Å². The topological polar surface area (TPSA) is 21.3 Å². The molecule has 0 aliphatic heterocycles. The van der Waals surface area contributed by atoms with Crippen molar-refractivity contribution in [2.75, 3.05) is 13.2 Å². The largest absolute Gasteiger partial charge is 0.492 e. The van der Waals surface area contributed by atoms with Gasteiger partial charge in [0.1, 0.15) is 12.4 Å². The molecule has 21 heavy (non-hydrogen) atoms. The van der Waals surface area contributed by atoms with E-state index in [4.69, 9.17) is 4.74 Å². The van der Waals surface area contributed by atoms with Crippen LogP contribution in [0.1, 0.15) is 31.7 Å². The molecule has 1 atom stereocenters. The van der Waals surface area contributed by atoms with Gasteiger partial charge in [-0.05, 0) is 54.1 Å². The Morgan fingerprint density at radius 3 is 2.43 bits per heavy atom. The average Bonchev–Trinajstić information content (AvgIpc) is 2.55. The lowest BCUT2D eigenvalue weighted by Crippen LogP contribution is -2.14. The molecule has 2 nitrogen and oxygen atoms in total. The molecule has 0 bridgehead atoms. The van der Waals surface area contributed by atoms with E-state index in [9.17, 15) is 0 Å². The second-order valence-corrected chi connectivity index (χ2v) is 6.00. The van der Waals surface area contributed by atoms with Crippen LogP contribution in [0, 0.1) is 0 Å². The Bertz CT molecular complexity index is 513. The van der Waals surface area contributed by atoms with Gasteiger partial charge in [-0.3, -0.25) is 4.72 Å². The minimum Gasteiger partial charge on any atom is -0.492 e. The van der Waals surface area contributed by atoms with Gasteiger partial charge in [0.15, 0.2) is 0 Å². The smallest absolute Gasteiger partial charge is 0.119 e. The van der Waals surface area contributed by atoms with E-state index in [1.165, 1.54) is 16.9 Å². The van der Waals surface area contributed by atoms with E-state index in [-0.39, 0.29) is 0 Å². The predicted octanol–water partition coefficient (Wildman–Crippen LogP) is 4.88. The zero-order chi connectivity index (χ0) is 14.9. The third-order valence-corrected chi connectivity index (χ3v) is 4.32. The Kier molecular flexibility index (Phi) is 6.64. The molecule has 2 aromatic carbocycles. The van der Waals surface area contributed by atoms with Crippen molar-refractivity contribution in [2.24, 2.45) is 0 Å². The molecule has 0 aliphatic carbocycles. The molecule has 0 aromatic heterocycles. The summed E-state index contributed by atoms with van der Waals surface area (Å²) in [5.74, 6) is 1.55. The molecule has 0 spiro atoms. The molecule has 1 unspecified atom stereocenters. The van der Waals surface area contributed by atoms with Gasteiger partial charge in [-0.1, -0.05) is 44.2 Å². The van der Waals surface area contributed by atoms with E-state index in [1.54, 1.807) is 11.9 Å². The highest BCUT2D eigenvalue weighted by molar-refractivity contribution is 7.97. The highest BCUT2D eigenvalue weighted by Gasteiger charge is 2.02. The fraction of sp³-hybridized carbons (Fsp3) is 0.333. The lowest BCUT2D eigenvalue weighted by Gasteiger charge is -2.10. The standard InChI is InChI=1S/C18H23NOS/c1-3-15(2)16-9-11-18(12-10-16)21-19-13-14-20-17-7-5-4-6-8-17/h4-12,15,19H,3,13-14H2,1-2H3. The Morgan fingerprint density at radius 1 is 1.05 bits per heavy atom. The molecule has 112 valence electrons. The Labute approximate surface area is 132 Å². The van der Waals surface area contributed by atoms with Crippen LogP contribution in [0.4, 0.5) is 0 Å². The summed E-state index contributed by atoms with van der Waals surface area (Å²) in [5.41, 5.74) is 1.41. The summed E-state index contributed by atoms with van der Waals surface area (Å²) in [7, 11) is 0. The molecule has 0 aliphatic rings. The molecule has 0 saturated heterocycles. The first kappa shape index (κ1) is 15.9.